The predicted molar refractivity (Wildman–Crippen MR) is 199 cm³/mol. The summed E-state index contributed by atoms with van der Waals surface area (Å²) in [6.45, 7) is 9.71. The Kier molecular flexibility index (Phi) is 10.2. The molecule has 1 N–H and O–H groups in total. The molecule has 1 atom stereocenters. The van der Waals surface area contributed by atoms with Crippen molar-refractivity contribution in [3.63, 3.8) is 0 Å². The van der Waals surface area contributed by atoms with Gasteiger partial charge in [0.15, 0.2) is 33.1 Å². The Labute approximate surface area is 307 Å². The third-order valence-electron chi connectivity index (χ3n) is 10.1. The van der Waals surface area contributed by atoms with Crippen LogP contribution in [0.1, 0.15) is 76.4 Å². The van der Waals surface area contributed by atoms with Gasteiger partial charge in [-0.05, 0) is 86.8 Å². The van der Waals surface area contributed by atoms with E-state index in [-0.39, 0.29) is 34.3 Å². The molecule has 0 amide bonds. The normalized spacial score (nSPS) is 19.4. The van der Waals surface area contributed by atoms with Gasteiger partial charge in [0, 0.05) is 29.7 Å². The fourth-order valence-corrected chi connectivity index (χ4v) is 10.4. The number of esters is 1. The van der Waals surface area contributed by atoms with E-state index in [1.807, 2.05) is 45.9 Å². The Morgan fingerprint density at radius 3 is 2.62 bits per heavy atom. The van der Waals surface area contributed by atoms with Crippen LogP contribution in [0.15, 0.2) is 64.6 Å². The number of fused-ring (bicyclic) bond motifs is 8. The number of hydrogen-bond acceptors (Lipinski definition) is 8. The first kappa shape index (κ1) is 37.7. The summed E-state index contributed by atoms with van der Waals surface area (Å²) in [4.78, 5) is 25.6. The Hall–Kier alpha value is -4.10. The molecule has 52 heavy (non-hydrogen) atoms. The molecule has 0 saturated carbocycles. The molecule has 0 spiro atoms. The molecular weight excluding hydrogens is 705 g/mol. The number of aryl methyl sites for hydroxylation is 2. The van der Waals surface area contributed by atoms with Gasteiger partial charge in [0.2, 0.25) is 0 Å². The monoisotopic (exact) mass is 749 g/mol. The lowest BCUT2D eigenvalue weighted by Crippen LogP contribution is -2.30. The lowest BCUT2D eigenvalue weighted by Gasteiger charge is -2.31. The molecule has 5 aromatic rings. The average molecular weight is 750 g/mol. The van der Waals surface area contributed by atoms with Gasteiger partial charge in [-0.15, -0.1) is 0 Å². The molecule has 276 valence electrons. The van der Waals surface area contributed by atoms with Gasteiger partial charge >= 0.3 is 5.97 Å². The van der Waals surface area contributed by atoms with Crippen molar-refractivity contribution < 1.29 is 26.7 Å². The van der Waals surface area contributed by atoms with Crippen LogP contribution in [0.25, 0.3) is 22.4 Å². The lowest BCUT2D eigenvalue weighted by molar-refractivity contribution is -0.150. The summed E-state index contributed by atoms with van der Waals surface area (Å²) < 4.78 is 65.3. The van der Waals surface area contributed by atoms with E-state index < -0.39 is 37.7 Å². The number of nitrogens with one attached hydrogen (secondary N) is 1. The number of pyridine rings is 1. The van der Waals surface area contributed by atoms with Crippen LogP contribution in [0.5, 0.6) is 0 Å². The summed E-state index contributed by atoms with van der Waals surface area (Å²) in [5.41, 5.74) is 0.863. The number of hydrogen-bond donors (Lipinski definition) is 1. The highest BCUT2D eigenvalue weighted by Gasteiger charge is 2.37. The van der Waals surface area contributed by atoms with Gasteiger partial charge in [-0.3, -0.25) is 9.78 Å². The van der Waals surface area contributed by atoms with Crippen molar-refractivity contribution >= 4 is 38.5 Å². The van der Waals surface area contributed by atoms with Crippen LogP contribution in [0.2, 0.25) is 0 Å². The number of halogens is 2. The average Bonchev–Trinajstić information content (AvgIpc) is 3.73. The van der Waals surface area contributed by atoms with Crippen molar-refractivity contribution in [2.24, 2.45) is 17.9 Å². The van der Waals surface area contributed by atoms with Crippen LogP contribution in [0.4, 0.5) is 8.78 Å². The maximum atomic E-state index is 15.8. The third-order valence-corrected chi connectivity index (χ3v) is 13.3. The molecule has 0 radical (unpaired) electrons. The predicted octanol–water partition coefficient (Wildman–Crippen LogP) is 8.00. The maximum absolute atomic E-state index is 15.8. The molecule has 0 unspecified atom stereocenters. The fraction of sp³-hybridized carbons (Fsp3) is 0.436. The number of H-pyrrole nitrogens is 1. The molecule has 4 bridgehead atoms. The van der Waals surface area contributed by atoms with Gasteiger partial charge in [-0.2, -0.15) is 5.10 Å². The second-order valence-corrected chi connectivity index (χ2v) is 18.8. The summed E-state index contributed by atoms with van der Waals surface area (Å²) in [6, 6.07) is 13.2. The van der Waals surface area contributed by atoms with E-state index in [4.69, 9.17) is 14.8 Å². The highest BCUT2D eigenvalue weighted by atomic mass is 32.2. The van der Waals surface area contributed by atoms with Crippen LogP contribution in [0.3, 0.4) is 0 Å². The van der Waals surface area contributed by atoms with E-state index in [2.05, 4.69) is 23.0 Å². The quantitative estimate of drug-likeness (QED) is 0.184. The smallest absolute Gasteiger partial charge is 0.311 e. The van der Waals surface area contributed by atoms with Crippen molar-refractivity contribution in [3.8, 4) is 11.5 Å². The molecule has 2 aromatic carbocycles. The topological polar surface area (TPSA) is 120 Å². The van der Waals surface area contributed by atoms with Crippen LogP contribution < -0.4 is 0 Å². The summed E-state index contributed by atoms with van der Waals surface area (Å²) in [7, 11) is -0.416. The summed E-state index contributed by atoms with van der Waals surface area (Å²) in [6.07, 6.45) is 5.51. The van der Waals surface area contributed by atoms with E-state index in [1.165, 1.54) is 13.3 Å². The SMILES string of the molecule is COC(=O)C(C)(C)Cc1cccc([C@@]2(C)CCCC(C)(C)CS(=O)(=O)CCc3c(c(F)c(F)c4[nH]ccc34)Sc3ccnc(c3)-c3nc2nn3C)c1. The van der Waals surface area contributed by atoms with Crippen molar-refractivity contribution in [1.29, 1.82) is 0 Å². The zero-order valence-corrected chi connectivity index (χ0v) is 32.3. The number of rotatable bonds is 4. The van der Waals surface area contributed by atoms with Crippen LogP contribution >= 0.6 is 11.8 Å². The lowest BCUT2D eigenvalue weighted by atomic mass is 9.74. The molecule has 4 heterocycles. The Bertz CT molecular complexity index is 2260. The van der Waals surface area contributed by atoms with Gasteiger partial charge in [0.1, 0.15) is 5.69 Å². The van der Waals surface area contributed by atoms with E-state index in [9.17, 15) is 13.2 Å². The molecule has 13 heteroatoms. The molecule has 0 aliphatic carbocycles. The van der Waals surface area contributed by atoms with Gasteiger partial charge < -0.3 is 9.72 Å². The highest BCUT2D eigenvalue weighted by Crippen LogP contribution is 2.42. The number of carbonyl (C=O) groups excluding carboxylic acids is 1. The molecule has 1 aliphatic heterocycles. The van der Waals surface area contributed by atoms with Crippen molar-refractivity contribution in [2.75, 3.05) is 18.6 Å². The van der Waals surface area contributed by atoms with Crippen molar-refractivity contribution in [2.45, 2.75) is 81.9 Å². The van der Waals surface area contributed by atoms with E-state index >= 15 is 8.78 Å². The number of nitrogens with zero attached hydrogens (tertiary/aromatic N) is 4. The number of ether oxygens (including phenoxy) is 1. The fourth-order valence-electron chi connectivity index (χ4n) is 7.36. The Balaban J connectivity index is 1.48. The van der Waals surface area contributed by atoms with Gasteiger partial charge in [0.25, 0.3) is 0 Å². The third kappa shape index (κ3) is 7.52. The zero-order chi connectivity index (χ0) is 37.6. The minimum atomic E-state index is -3.60. The molecular formula is C39H45F2N5O4S2. The minimum Gasteiger partial charge on any atom is -0.469 e. The number of sulfone groups is 1. The molecule has 1 aliphatic rings. The first-order valence-corrected chi connectivity index (χ1v) is 20.0. The minimum absolute atomic E-state index is 0.0134. The number of methoxy groups -OCH3 is 1. The Morgan fingerprint density at radius 2 is 1.87 bits per heavy atom. The van der Waals surface area contributed by atoms with Gasteiger partial charge in [-0.1, -0.05) is 56.3 Å². The largest absolute Gasteiger partial charge is 0.469 e. The maximum Gasteiger partial charge on any atom is 0.311 e. The molecule has 6 rings (SSSR count). The van der Waals surface area contributed by atoms with E-state index in [1.54, 1.807) is 36.1 Å². The number of benzene rings is 2. The molecule has 9 nitrogen and oxygen atoms in total. The zero-order valence-electron chi connectivity index (χ0n) is 30.6. The second-order valence-electron chi connectivity index (χ2n) is 15.5. The van der Waals surface area contributed by atoms with Crippen molar-refractivity contribution in [1.82, 2.24) is 24.7 Å². The highest BCUT2D eigenvalue weighted by molar-refractivity contribution is 7.99. The van der Waals surface area contributed by atoms with Crippen LogP contribution in [0, 0.1) is 22.5 Å². The Morgan fingerprint density at radius 1 is 1.10 bits per heavy atom. The first-order chi connectivity index (χ1) is 24.4. The standard InChI is InChI=1S/C39H45F2N5O4S2/c1-37(2)15-9-16-39(5,25-11-8-10-24(20-25)22-38(3,4)36(47)50-7)35-44-34(46(6)45-35)29-21-26(12-17-42-29)51-33-28(14-19-52(48,49)23-37)27-13-18-43-32(27)30(40)31(33)41/h8,10-13,17-18,20-21,43H,9,14-16,19,22-23H2,1-7H3/t39-/m1/s1. The summed E-state index contributed by atoms with van der Waals surface area (Å²) in [5.74, 6) is -1.54. The second kappa shape index (κ2) is 14.0. The van der Waals surface area contributed by atoms with Gasteiger partial charge in [-0.25, -0.2) is 26.9 Å². The molecule has 0 fully saturated rings. The van der Waals surface area contributed by atoms with Crippen molar-refractivity contribution in [3.05, 3.63) is 89.0 Å². The number of aromatic amines is 1. The summed E-state index contributed by atoms with van der Waals surface area (Å²) in [5, 5.41) is 5.38. The van der Waals surface area contributed by atoms with Crippen LogP contribution in [-0.4, -0.2) is 57.7 Å². The van der Waals surface area contributed by atoms with Crippen LogP contribution in [-0.2, 0) is 44.7 Å². The molecule has 3 aromatic heterocycles. The number of carbonyl (C=O) groups is 1. The summed E-state index contributed by atoms with van der Waals surface area (Å²) >= 11 is 1.03. The van der Waals surface area contributed by atoms with E-state index in [0.717, 1.165) is 22.9 Å². The van der Waals surface area contributed by atoms with Gasteiger partial charge in [0.05, 0.1) is 39.9 Å². The number of aromatic nitrogens is 5. The molecule has 0 saturated heterocycles. The van der Waals surface area contributed by atoms with E-state index in [0.29, 0.717) is 58.9 Å². The first-order valence-electron chi connectivity index (χ1n) is 17.3.